The molecule has 0 aliphatic heterocycles. The lowest BCUT2D eigenvalue weighted by Gasteiger charge is -2.28. The molecule has 1 heterocycles. The molecule has 3 rings (SSSR count). The van der Waals surface area contributed by atoms with Crippen LogP contribution in [-0.4, -0.2) is 17.6 Å². The quantitative estimate of drug-likeness (QED) is 0.857. The molecular formula is C20H24N2O2. The van der Waals surface area contributed by atoms with Crippen molar-refractivity contribution in [1.82, 2.24) is 4.98 Å². The molecule has 1 aliphatic carbocycles. The van der Waals surface area contributed by atoms with Gasteiger partial charge in [0.2, 0.25) is 0 Å². The molecule has 0 atom stereocenters. The van der Waals surface area contributed by atoms with Gasteiger partial charge in [0.15, 0.2) is 0 Å². The number of nitrogens with zero attached hydrogens (tertiary/aromatic N) is 1. The van der Waals surface area contributed by atoms with Crippen LogP contribution in [0, 0.1) is 5.92 Å². The van der Waals surface area contributed by atoms with Crippen LogP contribution in [0.1, 0.15) is 44.1 Å². The van der Waals surface area contributed by atoms with Crippen molar-refractivity contribution in [2.24, 2.45) is 5.92 Å². The van der Waals surface area contributed by atoms with E-state index in [9.17, 15) is 4.79 Å². The highest BCUT2D eigenvalue weighted by Crippen LogP contribution is 2.36. The Morgan fingerprint density at radius 2 is 1.83 bits per heavy atom. The van der Waals surface area contributed by atoms with Crippen molar-refractivity contribution >= 4 is 11.7 Å². The van der Waals surface area contributed by atoms with Gasteiger partial charge in [-0.1, -0.05) is 24.3 Å². The van der Waals surface area contributed by atoms with Crippen LogP contribution < -0.4 is 5.73 Å². The van der Waals surface area contributed by atoms with Gasteiger partial charge < -0.3 is 10.5 Å². The number of carbonyl (C=O) groups excluding carboxylic acids is 1. The minimum atomic E-state index is -0.177. The number of anilines is 1. The lowest BCUT2D eigenvalue weighted by atomic mass is 9.79. The van der Waals surface area contributed by atoms with Gasteiger partial charge in [-0.3, -0.25) is 9.78 Å². The molecular weight excluding hydrogens is 300 g/mol. The van der Waals surface area contributed by atoms with E-state index in [-0.39, 0.29) is 5.97 Å². The number of rotatable bonds is 4. The average Bonchev–Trinajstić information content (AvgIpc) is 2.61. The maximum absolute atomic E-state index is 10.9. The van der Waals surface area contributed by atoms with E-state index in [1.807, 2.05) is 12.1 Å². The predicted molar refractivity (Wildman–Crippen MR) is 95.4 cm³/mol. The third-order valence-corrected chi connectivity index (χ3v) is 4.83. The minimum Gasteiger partial charge on any atom is -0.466 e. The number of nitrogens with two attached hydrogens (primary N) is 1. The summed E-state index contributed by atoms with van der Waals surface area (Å²) in [5.41, 5.74) is 9.81. The molecule has 4 heteroatoms. The van der Waals surface area contributed by atoms with Crippen LogP contribution >= 0.6 is 0 Å². The highest BCUT2D eigenvalue weighted by molar-refractivity contribution is 5.65. The van der Waals surface area contributed by atoms with E-state index in [2.05, 4.69) is 29.2 Å². The fourth-order valence-corrected chi connectivity index (χ4v) is 3.40. The smallest absolute Gasteiger partial charge is 0.302 e. The summed E-state index contributed by atoms with van der Waals surface area (Å²) in [5.74, 6) is 0.944. The maximum atomic E-state index is 10.9. The Morgan fingerprint density at radius 3 is 2.42 bits per heavy atom. The predicted octanol–water partition coefficient (Wildman–Crippen LogP) is 4.17. The zero-order chi connectivity index (χ0) is 16.9. The summed E-state index contributed by atoms with van der Waals surface area (Å²) >= 11 is 0. The molecule has 0 saturated heterocycles. The average molecular weight is 324 g/mol. The maximum Gasteiger partial charge on any atom is 0.302 e. The van der Waals surface area contributed by atoms with E-state index < -0.39 is 0 Å². The third kappa shape index (κ3) is 4.13. The number of carbonyl (C=O) groups is 1. The number of esters is 1. The van der Waals surface area contributed by atoms with Crippen molar-refractivity contribution < 1.29 is 9.53 Å². The van der Waals surface area contributed by atoms with Crippen LogP contribution in [0.15, 0.2) is 42.6 Å². The Labute approximate surface area is 143 Å². The van der Waals surface area contributed by atoms with Crippen LogP contribution in [0.25, 0.3) is 11.3 Å². The lowest BCUT2D eigenvalue weighted by Crippen LogP contribution is -2.19. The summed E-state index contributed by atoms with van der Waals surface area (Å²) in [6.45, 7) is 2.05. The molecule has 1 aromatic carbocycles. The first-order valence-electron chi connectivity index (χ1n) is 8.57. The fraction of sp³-hybridized carbons (Fsp3) is 0.400. The first-order chi connectivity index (χ1) is 11.6. The zero-order valence-corrected chi connectivity index (χ0v) is 14.1. The summed E-state index contributed by atoms with van der Waals surface area (Å²) in [4.78, 5) is 15.3. The van der Waals surface area contributed by atoms with Crippen LogP contribution in [0.5, 0.6) is 0 Å². The fourth-order valence-electron chi connectivity index (χ4n) is 3.40. The van der Waals surface area contributed by atoms with Crippen LogP contribution in [0.2, 0.25) is 0 Å². The monoisotopic (exact) mass is 324 g/mol. The van der Waals surface area contributed by atoms with Crippen molar-refractivity contribution in [3.8, 4) is 11.3 Å². The van der Waals surface area contributed by atoms with Gasteiger partial charge in [-0.25, -0.2) is 0 Å². The number of benzene rings is 1. The SMILES string of the molecule is CC(=O)OCC1CCC(c2ccc(-c3ccc(N)cn3)cc2)CC1. The second kappa shape index (κ2) is 7.47. The largest absolute Gasteiger partial charge is 0.466 e. The van der Waals surface area contributed by atoms with Gasteiger partial charge in [0.05, 0.1) is 24.2 Å². The topological polar surface area (TPSA) is 65.2 Å². The van der Waals surface area contributed by atoms with E-state index in [0.29, 0.717) is 24.1 Å². The van der Waals surface area contributed by atoms with Crippen molar-refractivity contribution in [1.29, 1.82) is 0 Å². The number of nitrogen functional groups attached to an aromatic ring is 1. The highest BCUT2D eigenvalue weighted by Gasteiger charge is 2.23. The minimum absolute atomic E-state index is 0.177. The van der Waals surface area contributed by atoms with Gasteiger partial charge in [-0.2, -0.15) is 0 Å². The molecule has 0 spiro atoms. The molecule has 126 valence electrons. The van der Waals surface area contributed by atoms with E-state index in [0.717, 1.165) is 36.9 Å². The molecule has 0 unspecified atom stereocenters. The summed E-state index contributed by atoms with van der Waals surface area (Å²) in [6, 6.07) is 12.5. The summed E-state index contributed by atoms with van der Waals surface area (Å²) in [5, 5.41) is 0. The Bertz CT molecular complexity index is 672. The van der Waals surface area contributed by atoms with Gasteiger partial charge in [0.25, 0.3) is 0 Å². The van der Waals surface area contributed by atoms with E-state index in [1.54, 1.807) is 6.20 Å². The first-order valence-corrected chi connectivity index (χ1v) is 8.57. The van der Waals surface area contributed by atoms with Gasteiger partial charge in [-0.15, -0.1) is 0 Å². The Balaban J connectivity index is 1.58. The third-order valence-electron chi connectivity index (χ3n) is 4.83. The van der Waals surface area contributed by atoms with E-state index >= 15 is 0 Å². The molecule has 24 heavy (non-hydrogen) atoms. The first kappa shape index (κ1) is 16.5. The van der Waals surface area contributed by atoms with E-state index in [4.69, 9.17) is 10.5 Å². The molecule has 1 aromatic heterocycles. The molecule has 1 aliphatic rings. The van der Waals surface area contributed by atoms with Crippen LogP contribution in [-0.2, 0) is 9.53 Å². The highest BCUT2D eigenvalue weighted by atomic mass is 16.5. The number of hydrogen-bond acceptors (Lipinski definition) is 4. The molecule has 1 saturated carbocycles. The second-order valence-electron chi connectivity index (χ2n) is 6.62. The summed E-state index contributed by atoms with van der Waals surface area (Å²) < 4.78 is 5.14. The lowest BCUT2D eigenvalue weighted by molar-refractivity contribution is -0.142. The Hall–Kier alpha value is -2.36. The van der Waals surface area contributed by atoms with Crippen molar-refractivity contribution in [3.05, 3.63) is 48.2 Å². The van der Waals surface area contributed by atoms with Crippen molar-refractivity contribution in [3.63, 3.8) is 0 Å². The molecule has 4 nitrogen and oxygen atoms in total. The number of aromatic nitrogens is 1. The van der Waals surface area contributed by atoms with Gasteiger partial charge in [-0.05, 0) is 55.2 Å². The van der Waals surface area contributed by atoms with Gasteiger partial charge >= 0.3 is 5.97 Å². The summed E-state index contributed by atoms with van der Waals surface area (Å²) in [6.07, 6.45) is 6.25. The van der Waals surface area contributed by atoms with Crippen molar-refractivity contribution in [2.75, 3.05) is 12.3 Å². The van der Waals surface area contributed by atoms with Crippen molar-refractivity contribution in [2.45, 2.75) is 38.5 Å². The molecule has 0 bridgehead atoms. The number of pyridine rings is 1. The Kier molecular flexibility index (Phi) is 5.14. The molecule has 1 fully saturated rings. The van der Waals surface area contributed by atoms with Crippen LogP contribution in [0.3, 0.4) is 0 Å². The molecule has 0 amide bonds. The number of hydrogen-bond donors (Lipinski definition) is 1. The molecule has 2 aromatic rings. The normalized spacial score (nSPS) is 20.5. The number of ether oxygens (including phenoxy) is 1. The zero-order valence-electron chi connectivity index (χ0n) is 14.1. The summed E-state index contributed by atoms with van der Waals surface area (Å²) in [7, 11) is 0. The molecule has 0 radical (unpaired) electrons. The Morgan fingerprint density at radius 1 is 1.12 bits per heavy atom. The van der Waals surface area contributed by atoms with Gasteiger partial charge in [0, 0.05) is 12.5 Å². The molecule has 2 N–H and O–H groups in total. The van der Waals surface area contributed by atoms with Crippen LogP contribution in [0.4, 0.5) is 5.69 Å². The van der Waals surface area contributed by atoms with Gasteiger partial charge in [0.1, 0.15) is 0 Å². The second-order valence-corrected chi connectivity index (χ2v) is 6.62. The standard InChI is InChI=1S/C20H24N2O2/c1-14(23)24-13-15-2-4-16(5-3-15)17-6-8-18(9-7-17)20-11-10-19(21)12-22-20/h6-12,15-16H,2-5,13,21H2,1H3. The van der Waals surface area contributed by atoms with E-state index in [1.165, 1.54) is 12.5 Å².